The molecule has 0 amide bonds. The van der Waals surface area contributed by atoms with E-state index >= 15 is 0 Å². The first-order valence-electron chi connectivity index (χ1n) is 8.18. The average Bonchev–Trinajstić information content (AvgIpc) is 3.13. The van der Waals surface area contributed by atoms with Gasteiger partial charge in [-0.25, -0.2) is 0 Å². The maximum Gasteiger partial charge on any atom is 0.277 e. The minimum Gasteiger partial charge on any atom is -0.482 e. The lowest BCUT2D eigenvalue weighted by Crippen LogP contribution is -1.96. The van der Waals surface area contributed by atoms with Crippen LogP contribution in [-0.4, -0.2) is 10.2 Å². The van der Waals surface area contributed by atoms with Crippen molar-refractivity contribution < 1.29 is 9.15 Å². The minimum absolute atomic E-state index is 0.144. The van der Waals surface area contributed by atoms with Gasteiger partial charge in [-0.3, -0.25) is 0 Å². The molecule has 0 fully saturated rings. The Labute approximate surface area is 170 Å². The molecule has 1 heterocycles. The van der Waals surface area contributed by atoms with Crippen molar-refractivity contribution in [2.75, 3.05) is 0 Å². The van der Waals surface area contributed by atoms with E-state index in [1.807, 2.05) is 12.1 Å². The summed E-state index contributed by atoms with van der Waals surface area (Å²) in [5.74, 6) is 1.66. The Hall–Kier alpha value is -2.21. The molecule has 27 heavy (non-hydrogen) atoms. The van der Waals surface area contributed by atoms with Gasteiger partial charge in [0, 0.05) is 10.8 Å². The third-order valence-corrected chi connectivity index (χ3v) is 5.29. The molecule has 0 N–H and O–H groups in total. The molecule has 0 saturated heterocycles. The number of benzene rings is 3. The molecule has 4 rings (SSSR count). The average molecular weight is 417 g/mol. The normalized spacial score (nSPS) is 11.0. The van der Waals surface area contributed by atoms with Gasteiger partial charge in [0.15, 0.2) is 6.61 Å². The predicted octanol–water partition coefficient (Wildman–Crippen LogP) is 6.40. The zero-order valence-electron chi connectivity index (χ0n) is 14.1. The molecule has 0 spiro atoms. The Kier molecular flexibility index (Phi) is 5.53. The highest BCUT2D eigenvalue weighted by molar-refractivity contribution is 7.98. The number of thioether (sulfide) groups is 1. The predicted molar refractivity (Wildman–Crippen MR) is 109 cm³/mol. The van der Waals surface area contributed by atoms with E-state index in [0.717, 1.165) is 5.75 Å². The van der Waals surface area contributed by atoms with Gasteiger partial charge in [-0.05, 0) is 34.5 Å². The highest BCUT2D eigenvalue weighted by atomic mass is 35.5. The fraction of sp³-hybridized carbons (Fsp3) is 0.100. The largest absolute Gasteiger partial charge is 0.482 e. The molecule has 0 unspecified atom stereocenters. The molecule has 0 aliphatic heterocycles. The maximum absolute atomic E-state index is 6.08. The summed E-state index contributed by atoms with van der Waals surface area (Å²) in [5.41, 5.74) is 1.20. The lowest BCUT2D eigenvalue weighted by Gasteiger charge is -2.05. The van der Waals surface area contributed by atoms with Crippen LogP contribution in [0.4, 0.5) is 0 Å². The Morgan fingerprint density at radius 1 is 0.926 bits per heavy atom. The van der Waals surface area contributed by atoms with Gasteiger partial charge in [0.1, 0.15) is 5.75 Å². The van der Waals surface area contributed by atoms with Crippen LogP contribution in [-0.2, 0) is 12.4 Å². The number of hydrogen-bond donors (Lipinski definition) is 0. The third kappa shape index (κ3) is 4.56. The molecule has 0 saturated carbocycles. The zero-order valence-corrected chi connectivity index (χ0v) is 16.4. The van der Waals surface area contributed by atoms with Crippen LogP contribution in [0, 0.1) is 0 Å². The van der Waals surface area contributed by atoms with E-state index in [-0.39, 0.29) is 6.61 Å². The second kappa shape index (κ2) is 8.21. The van der Waals surface area contributed by atoms with Crippen LogP contribution >= 0.6 is 35.0 Å². The van der Waals surface area contributed by atoms with Crippen LogP contribution < -0.4 is 4.74 Å². The summed E-state index contributed by atoms with van der Waals surface area (Å²) >= 11 is 13.4. The van der Waals surface area contributed by atoms with Crippen LogP contribution in [0.1, 0.15) is 11.5 Å². The lowest BCUT2D eigenvalue weighted by atomic mass is 10.1. The van der Waals surface area contributed by atoms with Gasteiger partial charge in [0.2, 0.25) is 0 Å². The minimum atomic E-state index is 0.144. The molecule has 0 atom stereocenters. The Morgan fingerprint density at radius 2 is 1.78 bits per heavy atom. The molecule has 0 radical (unpaired) electrons. The van der Waals surface area contributed by atoms with E-state index in [0.29, 0.717) is 26.9 Å². The Bertz CT molecular complexity index is 1080. The summed E-state index contributed by atoms with van der Waals surface area (Å²) in [7, 11) is 0. The van der Waals surface area contributed by atoms with Crippen LogP contribution in [0.5, 0.6) is 5.75 Å². The van der Waals surface area contributed by atoms with Crippen molar-refractivity contribution in [3.05, 3.63) is 82.2 Å². The monoisotopic (exact) mass is 416 g/mol. The van der Waals surface area contributed by atoms with E-state index in [1.165, 1.54) is 28.1 Å². The Balaban J connectivity index is 1.36. The van der Waals surface area contributed by atoms with Crippen molar-refractivity contribution in [1.29, 1.82) is 0 Å². The standard InChI is InChI=1S/C20H14Cl2N2O2S/c21-16-7-8-18(17(22)10-16)25-11-19-23-24-20(26-19)27-12-13-5-6-14-3-1-2-4-15(14)9-13/h1-10H,11-12H2. The van der Waals surface area contributed by atoms with Gasteiger partial charge in [0.25, 0.3) is 11.1 Å². The summed E-state index contributed by atoms with van der Waals surface area (Å²) in [6.45, 7) is 0.144. The van der Waals surface area contributed by atoms with Crippen molar-refractivity contribution in [2.45, 2.75) is 17.6 Å². The second-order valence-corrected chi connectivity index (χ2v) is 7.57. The number of rotatable bonds is 6. The van der Waals surface area contributed by atoms with Crippen LogP contribution in [0.3, 0.4) is 0 Å². The van der Waals surface area contributed by atoms with Gasteiger partial charge in [0.05, 0.1) is 5.02 Å². The van der Waals surface area contributed by atoms with Gasteiger partial charge in [-0.15, -0.1) is 10.2 Å². The van der Waals surface area contributed by atoms with E-state index < -0.39 is 0 Å². The highest BCUT2D eigenvalue weighted by Crippen LogP contribution is 2.29. The summed E-state index contributed by atoms with van der Waals surface area (Å²) < 4.78 is 11.2. The SMILES string of the molecule is Clc1ccc(OCc2nnc(SCc3ccc4ccccc4c3)o2)c(Cl)c1. The van der Waals surface area contributed by atoms with Gasteiger partial charge >= 0.3 is 0 Å². The van der Waals surface area contributed by atoms with E-state index in [2.05, 4.69) is 40.5 Å². The fourth-order valence-corrected chi connectivity index (χ4v) is 3.75. The first-order valence-corrected chi connectivity index (χ1v) is 9.92. The summed E-state index contributed by atoms with van der Waals surface area (Å²) in [4.78, 5) is 0. The van der Waals surface area contributed by atoms with Crippen molar-refractivity contribution in [3.63, 3.8) is 0 Å². The molecular weight excluding hydrogens is 403 g/mol. The van der Waals surface area contributed by atoms with Crippen LogP contribution in [0.25, 0.3) is 10.8 Å². The quantitative estimate of drug-likeness (QED) is 0.340. The number of aromatic nitrogens is 2. The number of ether oxygens (including phenoxy) is 1. The summed E-state index contributed by atoms with van der Waals surface area (Å²) in [6, 6.07) is 19.7. The first kappa shape index (κ1) is 18.2. The van der Waals surface area contributed by atoms with E-state index in [1.54, 1.807) is 18.2 Å². The van der Waals surface area contributed by atoms with Crippen molar-refractivity contribution in [1.82, 2.24) is 10.2 Å². The number of fused-ring (bicyclic) bond motifs is 1. The fourth-order valence-electron chi connectivity index (χ4n) is 2.56. The van der Waals surface area contributed by atoms with Gasteiger partial charge in [-0.2, -0.15) is 0 Å². The number of halogens is 2. The van der Waals surface area contributed by atoms with E-state index in [9.17, 15) is 0 Å². The molecule has 0 aliphatic rings. The Morgan fingerprint density at radius 3 is 2.63 bits per heavy atom. The topological polar surface area (TPSA) is 48.2 Å². The molecule has 0 bridgehead atoms. The molecule has 136 valence electrons. The zero-order chi connectivity index (χ0) is 18.6. The number of nitrogens with zero attached hydrogens (tertiary/aromatic N) is 2. The van der Waals surface area contributed by atoms with E-state index in [4.69, 9.17) is 32.4 Å². The molecule has 0 aliphatic carbocycles. The molecule has 4 aromatic rings. The summed E-state index contributed by atoms with van der Waals surface area (Å²) in [5, 5.41) is 12.0. The maximum atomic E-state index is 6.08. The summed E-state index contributed by atoms with van der Waals surface area (Å²) in [6.07, 6.45) is 0. The second-order valence-electron chi connectivity index (χ2n) is 5.80. The third-order valence-electron chi connectivity index (χ3n) is 3.87. The number of hydrogen-bond acceptors (Lipinski definition) is 5. The van der Waals surface area contributed by atoms with Crippen molar-refractivity contribution in [3.8, 4) is 5.75 Å². The molecule has 3 aromatic carbocycles. The van der Waals surface area contributed by atoms with Crippen LogP contribution in [0.15, 0.2) is 70.3 Å². The first-order chi connectivity index (χ1) is 13.2. The molecule has 4 nitrogen and oxygen atoms in total. The van der Waals surface area contributed by atoms with Gasteiger partial charge < -0.3 is 9.15 Å². The van der Waals surface area contributed by atoms with Crippen LogP contribution in [0.2, 0.25) is 10.0 Å². The smallest absolute Gasteiger partial charge is 0.277 e. The highest BCUT2D eigenvalue weighted by Gasteiger charge is 2.10. The molecular formula is C20H14Cl2N2O2S. The van der Waals surface area contributed by atoms with Crippen molar-refractivity contribution in [2.24, 2.45) is 0 Å². The van der Waals surface area contributed by atoms with Crippen molar-refractivity contribution >= 4 is 45.7 Å². The lowest BCUT2D eigenvalue weighted by molar-refractivity contribution is 0.252. The van der Waals surface area contributed by atoms with Gasteiger partial charge in [-0.1, -0.05) is 77.4 Å². The molecule has 1 aromatic heterocycles. The molecule has 7 heteroatoms.